The summed E-state index contributed by atoms with van der Waals surface area (Å²) in [4.78, 5) is 10.9. The van der Waals surface area contributed by atoms with Gasteiger partial charge in [0, 0.05) is 4.47 Å². The minimum Gasteiger partial charge on any atom is -0.488 e. The van der Waals surface area contributed by atoms with Crippen LogP contribution in [0.15, 0.2) is 40.9 Å². The van der Waals surface area contributed by atoms with Gasteiger partial charge < -0.3 is 4.74 Å². The van der Waals surface area contributed by atoms with Crippen LogP contribution in [0.3, 0.4) is 0 Å². The molecule has 0 atom stereocenters. The van der Waals surface area contributed by atoms with Crippen LogP contribution in [0.2, 0.25) is 0 Å². The van der Waals surface area contributed by atoms with Gasteiger partial charge in [0.15, 0.2) is 6.29 Å². The zero-order valence-corrected chi connectivity index (χ0v) is 12.5. The molecular formula is C15H9BrF4O2. The van der Waals surface area contributed by atoms with Gasteiger partial charge >= 0.3 is 6.18 Å². The van der Waals surface area contributed by atoms with Crippen LogP contribution >= 0.6 is 15.9 Å². The van der Waals surface area contributed by atoms with Crippen molar-refractivity contribution in [1.29, 1.82) is 0 Å². The molecule has 2 rings (SSSR count). The van der Waals surface area contributed by atoms with Gasteiger partial charge in [-0.25, -0.2) is 4.39 Å². The summed E-state index contributed by atoms with van der Waals surface area (Å²) in [5.74, 6) is -0.795. The number of ether oxygens (including phenoxy) is 1. The van der Waals surface area contributed by atoms with E-state index in [1.807, 2.05) is 0 Å². The van der Waals surface area contributed by atoms with Crippen LogP contribution in [0, 0.1) is 5.82 Å². The van der Waals surface area contributed by atoms with Gasteiger partial charge in [-0.1, -0.05) is 15.9 Å². The topological polar surface area (TPSA) is 26.3 Å². The summed E-state index contributed by atoms with van der Waals surface area (Å²) in [5.41, 5.74) is -0.827. The number of rotatable bonds is 4. The van der Waals surface area contributed by atoms with Gasteiger partial charge in [-0.15, -0.1) is 0 Å². The number of carbonyl (C=O) groups is 1. The molecule has 0 aromatic heterocycles. The maximum Gasteiger partial charge on any atom is 0.416 e. The van der Waals surface area contributed by atoms with Crippen molar-refractivity contribution in [3.63, 3.8) is 0 Å². The lowest BCUT2D eigenvalue weighted by atomic mass is 10.1. The Morgan fingerprint density at radius 2 is 1.86 bits per heavy atom. The first-order chi connectivity index (χ1) is 10.3. The highest BCUT2D eigenvalue weighted by molar-refractivity contribution is 9.10. The fraction of sp³-hybridized carbons (Fsp3) is 0.133. The maximum absolute atomic E-state index is 13.3. The summed E-state index contributed by atoms with van der Waals surface area (Å²) in [6.07, 6.45) is -4.07. The Balaban J connectivity index is 2.22. The summed E-state index contributed by atoms with van der Waals surface area (Å²) in [7, 11) is 0. The van der Waals surface area contributed by atoms with Crippen molar-refractivity contribution in [3.05, 3.63) is 63.4 Å². The van der Waals surface area contributed by atoms with Crippen molar-refractivity contribution >= 4 is 22.2 Å². The maximum atomic E-state index is 13.3. The van der Waals surface area contributed by atoms with E-state index in [-0.39, 0.29) is 23.5 Å². The van der Waals surface area contributed by atoms with E-state index in [1.165, 1.54) is 12.1 Å². The van der Waals surface area contributed by atoms with Crippen molar-refractivity contribution in [1.82, 2.24) is 0 Å². The van der Waals surface area contributed by atoms with E-state index in [1.54, 1.807) is 6.07 Å². The van der Waals surface area contributed by atoms with Crippen LogP contribution in [-0.4, -0.2) is 6.29 Å². The molecule has 0 saturated heterocycles. The molecule has 0 unspecified atom stereocenters. The molecule has 7 heteroatoms. The molecule has 0 saturated carbocycles. The predicted molar refractivity (Wildman–Crippen MR) is 75.3 cm³/mol. The third-order valence-electron chi connectivity index (χ3n) is 2.78. The first-order valence-electron chi connectivity index (χ1n) is 6.04. The quantitative estimate of drug-likeness (QED) is 0.554. The third kappa shape index (κ3) is 4.07. The van der Waals surface area contributed by atoms with Gasteiger partial charge in [-0.3, -0.25) is 4.79 Å². The standard InChI is InChI=1S/C15H9BrF4O2/c16-12-1-2-14(10(5-12)7-21)22-8-9-3-11(15(18,19)20)6-13(17)4-9/h1-7H,8H2. The number of hydrogen-bond acceptors (Lipinski definition) is 2. The highest BCUT2D eigenvalue weighted by Crippen LogP contribution is 2.31. The Morgan fingerprint density at radius 1 is 1.14 bits per heavy atom. The van der Waals surface area contributed by atoms with Crippen molar-refractivity contribution in [2.45, 2.75) is 12.8 Å². The van der Waals surface area contributed by atoms with Crippen molar-refractivity contribution < 1.29 is 27.1 Å². The molecule has 0 aliphatic rings. The molecule has 0 spiro atoms. The lowest BCUT2D eigenvalue weighted by Gasteiger charge is -2.12. The summed E-state index contributed by atoms with van der Waals surface area (Å²) in [6.45, 7) is -0.288. The highest BCUT2D eigenvalue weighted by Gasteiger charge is 2.31. The lowest BCUT2D eigenvalue weighted by Crippen LogP contribution is -2.07. The zero-order chi connectivity index (χ0) is 16.3. The smallest absolute Gasteiger partial charge is 0.416 e. The van der Waals surface area contributed by atoms with E-state index in [0.717, 1.165) is 12.1 Å². The van der Waals surface area contributed by atoms with E-state index in [9.17, 15) is 22.4 Å². The van der Waals surface area contributed by atoms with Crippen LogP contribution < -0.4 is 4.74 Å². The molecule has 2 aromatic rings. The van der Waals surface area contributed by atoms with Crippen molar-refractivity contribution in [2.75, 3.05) is 0 Å². The van der Waals surface area contributed by atoms with Crippen LogP contribution in [0.5, 0.6) is 5.75 Å². The minimum absolute atomic E-state index is 0.0205. The average Bonchev–Trinajstić information content (AvgIpc) is 2.44. The SMILES string of the molecule is O=Cc1cc(Br)ccc1OCc1cc(F)cc(C(F)(F)F)c1. The molecule has 0 radical (unpaired) electrons. The largest absolute Gasteiger partial charge is 0.488 e. The monoisotopic (exact) mass is 376 g/mol. The van der Waals surface area contributed by atoms with Crippen LogP contribution in [0.25, 0.3) is 0 Å². The van der Waals surface area contributed by atoms with Gasteiger partial charge in [-0.2, -0.15) is 13.2 Å². The molecule has 2 nitrogen and oxygen atoms in total. The van der Waals surface area contributed by atoms with E-state index < -0.39 is 17.6 Å². The lowest BCUT2D eigenvalue weighted by molar-refractivity contribution is -0.137. The molecule has 22 heavy (non-hydrogen) atoms. The summed E-state index contributed by atoms with van der Waals surface area (Å²) >= 11 is 3.18. The summed E-state index contributed by atoms with van der Waals surface area (Å²) < 4.78 is 57.1. The van der Waals surface area contributed by atoms with Gasteiger partial charge in [0.05, 0.1) is 11.1 Å². The highest BCUT2D eigenvalue weighted by atomic mass is 79.9. The first kappa shape index (κ1) is 16.5. The van der Waals surface area contributed by atoms with E-state index in [4.69, 9.17) is 4.74 Å². The zero-order valence-electron chi connectivity index (χ0n) is 11.0. The van der Waals surface area contributed by atoms with E-state index >= 15 is 0 Å². The second-order valence-corrected chi connectivity index (χ2v) is 5.35. The molecule has 0 amide bonds. The van der Waals surface area contributed by atoms with Crippen molar-refractivity contribution in [2.24, 2.45) is 0 Å². The number of hydrogen-bond donors (Lipinski definition) is 0. The van der Waals surface area contributed by atoms with Gasteiger partial charge in [0.1, 0.15) is 18.2 Å². The fourth-order valence-electron chi connectivity index (χ4n) is 1.80. The van der Waals surface area contributed by atoms with Gasteiger partial charge in [0.2, 0.25) is 0 Å². The molecule has 2 aromatic carbocycles. The fourth-order valence-corrected chi connectivity index (χ4v) is 2.18. The number of aldehydes is 1. The molecule has 0 fully saturated rings. The third-order valence-corrected chi connectivity index (χ3v) is 3.27. The number of benzene rings is 2. The Bertz CT molecular complexity index is 698. The molecule has 0 aliphatic carbocycles. The summed E-state index contributed by atoms with van der Waals surface area (Å²) in [5, 5.41) is 0. The molecule has 0 N–H and O–H groups in total. The van der Waals surface area contributed by atoms with Crippen LogP contribution in [0.1, 0.15) is 21.5 Å². The van der Waals surface area contributed by atoms with E-state index in [0.29, 0.717) is 16.8 Å². The molecule has 0 heterocycles. The Morgan fingerprint density at radius 3 is 2.50 bits per heavy atom. The number of alkyl halides is 3. The molecule has 116 valence electrons. The normalized spacial score (nSPS) is 11.3. The minimum atomic E-state index is -4.64. The summed E-state index contributed by atoms with van der Waals surface area (Å²) in [6, 6.07) is 6.80. The Kier molecular flexibility index (Phi) is 4.85. The van der Waals surface area contributed by atoms with Gasteiger partial charge in [0.25, 0.3) is 0 Å². The Hall–Kier alpha value is -1.89. The van der Waals surface area contributed by atoms with Crippen LogP contribution in [-0.2, 0) is 12.8 Å². The van der Waals surface area contributed by atoms with E-state index in [2.05, 4.69) is 15.9 Å². The number of carbonyl (C=O) groups excluding carboxylic acids is 1. The molecule has 0 aliphatic heterocycles. The second-order valence-electron chi connectivity index (χ2n) is 4.43. The molecular weight excluding hydrogens is 368 g/mol. The average molecular weight is 377 g/mol. The first-order valence-corrected chi connectivity index (χ1v) is 6.83. The van der Waals surface area contributed by atoms with Crippen molar-refractivity contribution in [3.8, 4) is 5.75 Å². The number of halogens is 5. The second kappa shape index (κ2) is 6.48. The van der Waals surface area contributed by atoms with Crippen LogP contribution in [0.4, 0.5) is 17.6 Å². The molecule has 0 bridgehead atoms. The predicted octanol–water partition coefficient (Wildman–Crippen LogP) is 5.00. The van der Waals surface area contributed by atoms with Gasteiger partial charge in [-0.05, 0) is 42.0 Å². The Labute approximate surface area is 131 Å².